The number of carbonyl (C=O) groups is 1. The van der Waals surface area contributed by atoms with Gasteiger partial charge in [-0.15, -0.1) is 0 Å². The zero-order valence-corrected chi connectivity index (χ0v) is 13.8. The van der Waals surface area contributed by atoms with Crippen molar-refractivity contribution < 1.29 is 18.7 Å². The summed E-state index contributed by atoms with van der Waals surface area (Å²) in [6.07, 6.45) is 0. The van der Waals surface area contributed by atoms with Crippen LogP contribution in [0.3, 0.4) is 0 Å². The number of nitrogens with zero attached hydrogens (tertiary/aromatic N) is 1. The summed E-state index contributed by atoms with van der Waals surface area (Å²) in [5.41, 5.74) is 1.63. The Morgan fingerprint density at radius 2 is 1.92 bits per heavy atom. The zero-order valence-electron chi connectivity index (χ0n) is 13.8. The van der Waals surface area contributed by atoms with Crippen LogP contribution in [0.1, 0.15) is 18.5 Å². The molecule has 4 rings (SSSR count). The average molecular weight is 339 g/mol. The molecular weight excluding hydrogens is 321 g/mol. The quantitative estimate of drug-likeness (QED) is 0.626. The molecule has 5 heteroatoms. The Balaban J connectivity index is 1.86. The fourth-order valence-corrected chi connectivity index (χ4v) is 3.62. The van der Waals surface area contributed by atoms with Crippen molar-refractivity contribution in [3.63, 3.8) is 0 Å². The van der Waals surface area contributed by atoms with E-state index in [0.29, 0.717) is 5.69 Å². The number of halogens is 1. The van der Waals surface area contributed by atoms with E-state index in [1.807, 2.05) is 54.6 Å². The fraction of sp³-hybridized carbons (Fsp3) is 0.250. The molecule has 2 atom stereocenters. The molecule has 25 heavy (non-hydrogen) atoms. The lowest BCUT2D eigenvalue weighted by Crippen LogP contribution is -2.33. The van der Waals surface area contributed by atoms with Gasteiger partial charge in [-0.1, -0.05) is 36.4 Å². The molecule has 0 saturated heterocycles. The highest BCUT2D eigenvalue weighted by Crippen LogP contribution is 2.51. The molecule has 0 bridgehead atoms. The zero-order chi connectivity index (χ0) is 17.4. The molecule has 2 aromatic carbocycles. The molecule has 128 valence electrons. The second-order valence-electron chi connectivity index (χ2n) is 6.03. The summed E-state index contributed by atoms with van der Waals surface area (Å²) < 4.78 is 26.2. The Morgan fingerprint density at radius 1 is 1.20 bits per heavy atom. The van der Waals surface area contributed by atoms with E-state index in [9.17, 15) is 4.79 Å². The Labute approximate surface area is 145 Å². The van der Waals surface area contributed by atoms with E-state index in [0.717, 1.165) is 11.3 Å². The molecular formula is C20H18FNO3. The molecule has 0 aliphatic carbocycles. The van der Waals surface area contributed by atoms with Crippen molar-refractivity contribution in [1.29, 1.82) is 0 Å². The van der Waals surface area contributed by atoms with Gasteiger partial charge in [0.05, 0.1) is 30.7 Å². The SMILES string of the molecule is CCOC(=O)C1=C(F)N(c2ccccc2)[C@@H]2c3ccccc3OC[C@H]12. The smallest absolute Gasteiger partial charge is 0.339 e. The van der Waals surface area contributed by atoms with E-state index >= 15 is 4.39 Å². The van der Waals surface area contributed by atoms with Crippen LogP contribution < -0.4 is 9.64 Å². The third-order valence-corrected chi connectivity index (χ3v) is 4.65. The van der Waals surface area contributed by atoms with Gasteiger partial charge in [0.1, 0.15) is 5.75 Å². The van der Waals surface area contributed by atoms with Crippen LogP contribution in [0.2, 0.25) is 0 Å². The first-order valence-corrected chi connectivity index (χ1v) is 8.35. The van der Waals surface area contributed by atoms with E-state index in [-0.39, 0.29) is 24.8 Å². The van der Waals surface area contributed by atoms with Crippen molar-refractivity contribution in [3.8, 4) is 5.75 Å². The number of para-hydroxylation sites is 2. The minimum atomic E-state index is -0.614. The first-order chi connectivity index (χ1) is 12.2. The van der Waals surface area contributed by atoms with Crippen LogP contribution in [-0.4, -0.2) is 19.2 Å². The summed E-state index contributed by atoms with van der Waals surface area (Å²) in [6.45, 7) is 2.16. The lowest BCUT2D eigenvalue weighted by molar-refractivity contribution is -0.139. The third-order valence-electron chi connectivity index (χ3n) is 4.65. The Kier molecular flexibility index (Phi) is 3.92. The highest BCUT2D eigenvalue weighted by molar-refractivity contribution is 5.92. The monoisotopic (exact) mass is 339 g/mol. The molecule has 0 amide bonds. The summed E-state index contributed by atoms with van der Waals surface area (Å²) in [5, 5.41) is 0. The molecule has 2 aromatic rings. The Morgan fingerprint density at radius 3 is 2.68 bits per heavy atom. The molecule has 2 aliphatic heterocycles. The van der Waals surface area contributed by atoms with Gasteiger partial charge >= 0.3 is 5.97 Å². The van der Waals surface area contributed by atoms with E-state index in [2.05, 4.69) is 0 Å². The molecule has 0 N–H and O–H groups in total. The number of carbonyl (C=O) groups excluding carboxylic acids is 1. The molecule has 0 radical (unpaired) electrons. The summed E-state index contributed by atoms with van der Waals surface area (Å²) in [7, 11) is 0. The van der Waals surface area contributed by atoms with Crippen LogP contribution >= 0.6 is 0 Å². The van der Waals surface area contributed by atoms with Gasteiger partial charge in [-0.05, 0) is 25.1 Å². The van der Waals surface area contributed by atoms with Crippen molar-refractivity contribution in [2.75, 3.05) is 18.1 Å². The third kappa shape index (κ3) is 2.47. The Bertz CT molecular complexity index is 834. The minimum absolute atomic E-state index is 0.0604. The number of fused-ring (bicyclic) bond motifs is 3. The molecule has 0 saturated carbocycles. The number of esters is 1. The molecule has 0 fully saturated rings. The van der Waals surface area contributed by atoms with E-state index < -0.39 is 17.8 Å². The molecule has 0 unspecified atom stereocenters. The van der Waals surface area contributed by atoms with Crippen molar-refractivity contribution in [2.24, 2.45) is 5.92 Å². The summed E-state index contributed by atoms with van der Waals surface area (Å²) in [4.78, 5) is 14.0. The van der Waals surface area contributed by atoms with Crippen LogP contribution in [0.25, 0.3) is 0 Å². The van der Waals surface area contributed by atoms with Crippen LogP contribution in [0.15, 0.2) is 66.1 Å². The van der Waals surface area contributed by atoms with Crippen LogP contribution in [0, 0.1) is 5.92 Å². The maximum Gasteiger partial charge on any atom is 0.339 e. The van der Waals surface area contributed by atoms with E-state index in [1.165, 1.54) is 0 Å². The maximum atomic E-state index is 15.4. The van der Waals surface area contributed by atoms with Crippen molar-refractivity contribution >= 4 is 11.7 Å². The average Bonchev–Trinajstić information content (AvgIpc) is 2.95. The predicted octanol–water partition coefficient (Wildman–Crippen LogP) is 4.00. The van der Waals surface area contributed by atoms with Gasteiger partial charge in [-0.25, -0.2) is 4.79 Å². The lowest BCUT2D eigenvalue weighted by Gasteiger charge is -2.35. The van der Waals surface area contributed by atoms with E-state index in [1.54, 1.807) is 11.8 Å². The number of hydrogen-bond acceptors (Lipinski definition) is 4. The minimum Gasteiger partial charge on any atom is -0.492 e. The number of anilines is 1. The number of hydrogen-bond donors (Lipinski definition) is 0. The second kappa shape index (κ2) is 6.24. The number of rotatable bonds is 3. The van der Waals surface area contributed by atoms with Gasteiger partial charge < -0.3 is 14.4 Å². The molecule has 2 heterocycles. The van der Waals surface area contributed by atoms with Crippen LogP contribution in [0.5, 0.6) is 5.75 Å². The summed E-state index contributed by atoms with van der Waals surface area (Å²) in [6, 6.07) is 16.5. The van der Waals surface area contributed by atoms with Crippen molar-refractivity contribution in [2.45, 2.75) is 13.0 Å². The maximum absolute atomic E-state index is 15.4. The number of benzene rings is 2. The Hall–Kier alpha value is -2.82. The fourth-order valence-electron chi connectivity index (χ4n) is 3.62. The molecule has 4 nitrogen and oxygen atoms in total. The molecule has 0 aromatic heterocycles. The second-order valence-corrected chi connectivity index (χ2v) is 6.03. The normalized spacial score (nSPS) is 21.4. The highest BCUT2D eigenvalue weighted by Gasteiger charge is 2.49. The lowest BCUT2D eigenvalue weighted by atomic mass is 9.87. The topological polar surface area (TPSA) is 38.8 Å². The van der Waals surface area contributed by atoms with Crippen LogP contribution in [0.4, 0.5) is 10.1 Å². The number of ether oxygens (including phenoxy) is 2. The van der Waals surface area contributed by atoms with Gasteiger partial charge in [-0.3, -0.25) is 0 Å². The summed E-state index contributed by atoms with van der Waals surface area (Å²) in [5.74, 6) is -0.854. The standard InChI is InChI=1S/C20H18FNO3/c1-2-24-20(23)17-15-12-25-16-11-7-6-10-14(16)18(15)22(19(17)21)13-8-4-3-5-9-13/h3-11,15,18H,2,12H2,1H3/t15-,18-/m1/s1. The summed E-state index contributed by atoms with van der Waals surface area (Å²) >= 11 is 0. The van der Waals surface area contributed by atoms with Gasteiger partial charge in [0.2, 0.25) is 5.95 Å². The predicted molar refractivity (Wildman–Crippen MR) is 91.9 cm³/mol. The first-order valence-electron chi connectivity index (χ1n) is 8.35. The highest BCUT2D eigenvalue weighted by atomic mass is 19.1. The van der Waals surface area contributed by atoms with Gasteiger partial charge in [0.25, 0.3) is 0 Å². The van der Waals surface area contributed by atoms with Gasteiger partial charge in [0.15, 0.2) is 0 Å². The van der Waals surface area contributed by atoms with Crippen molar-refractivity contribution in [3.05, 3.63) is 71.7 Å². The molecule has 0 spiro atoms. The van der Waals surface area contributed by atoms with Gasteiger partial charge in [-0.2, -0.15) is 4.39 Å². The first kappa shape index (κ1) is 15.7. The molecule has 2 aliphatic rings. The van der Waals surface area contributed by atoms with Crippen molar-refractivity contribution in [1.82, 2.24) is 0 Å². The van der Waals surface area contributed by atoms with Gasteiger partial charge in [0, 0.05) is 11.3 Å². The van der Waals surface area contributed by atoms with E-state index in [4.69, 9.17) is 9.47 Å². The van der Waals surface area contributed by atoms with Crippen LogP contribution in [-0.2, 0) is 9.53 Å². The largest absolute Gasteiger partial charge is 0.492 e.